The molecule has 1 saturated heterocycles. The summed E-state index contributed by atoms with van der Waals surface area (Å²) in [5.41, 5.74) is -0.650. The quantitative estimate of drug-likeness (QED) is 0.466. The van der Waals surface area contributed by atoms with Crippen LogP contribution in [0.1, 0.15) is 37.6 Å². The molecule has 1 unspecified atom stereocenters. The molecule has 0 radical (unpaired) electrons. The maximum atomic E-state index is 14.0. The molecule has 0 spiro atoms. The first-order chi connectivity index (χ1) is 16.9. The molecule has 3 aromatic rings. The topological polar surface area (TPSA) is 104 Å². The highest BCUT2D eigenvalue weighted by molar-refractivity contribution is 7.90. The molecule has 3 heterocycles. The number of carbonyl (C=O) groups excluding carboxylic acids is 1. The molecule has 1 amide bonds. The summed E-state index contributed by atoms with van der Waals surface area (Å²) >= 11 is 0. The molecule has 1 aromatic carbocycles. The summed E-state index contributed by atoms with van der Waals surface area (Å²) in [5.74, 6) is -4.11. The van der Waals surface area contributed by atoms with E-state index in [0.29, 0.717) is 30.4 Å². The van der Waals surface area contributed by atoms with Gasteiger partial charge in [-0.15, -0.1) is 0 Å². The Hall–Kier alpha value is -3.67. The maximum Gasteiger partial charge on any atom is 0.281 e. The Balaban J connectivity index is 1.59. The third-order valence-corrected chi connectivity index (χ3v) is 7.71. The fraction of sp³-hybridized carbons (Fsp3) is 0.292. The van der Waals surface area contributed by atoms with E-state index in [1.54, 1.807) is 0 Å². The molecule has 0 bridgehead atoms. The van der Waals surface area contributed by atoms with Crippen molar-refractivity contribution in [3.8, 4) is 0 Å². The Morgan fingerprint density at radius 1 is 1.08 bits per heavy atom. The highest BCUT2D eigenvalue weighted by atomic mass is 32.2. The summed E-state index contributed by atoms with van der Waals surface area (Å²) in [6, 6.07) is 7.71. The van der Waals surface area contributed by atoms with Crippen molar-refractivity contribution in [1.82, 2.24) is 14.7 Å². The third kappa shape index (κ3) is 4.85. The molecule has 1 aliphatic rings. The third-order valence-electron chi connectivity index (χ3n) is 6.47. The van der Waals surface area contributed by atoms with Crippen molar-refractivity contribution in [1.29, 1.82) is 0 Å². The van der Waals surface area contributed by atoms with Crippen LogP contribution in [0.15, 0.2) is 53.7 Å². The Labute approximate surface area is 206 Å². The van der Waals surface area contributed by atoms with Crippen LogP contribution < -0.4 is 14.9 Å². The number of rotatable bonds is 6. The number of sulfonamides is 1. The first-order valence-corrected chi connectivity index (χ1v) is 12.6. The first kappa shape index (κ1) is 25.4. The summed E-state index contributed by atoms with van der Waals surface area (Å²) in [5, 5.41) is 1.87. The number of halogens is 3. The van der Waals surface area contributed by atoms with Gasteiger partial charge in [0.1, 0.15) is 17.5 Å². The first-order valence-electron chi connectivity index (χ1n) is 11.1. The Morgan fingerprint density at radius 3 is 2.50 bits per heavy atom. The van der Waals surface area contributed by atoms with E-state index < -0.39 is 44.1 Å². The second-order valence-corrected chi connectivity index (χ2v) is 10.7. The monoisotopic (exact) mass is 519 g/mol. The molecule has 190 valence electrons. The van der Waals surface area contributed by atoms with Crippen LogP contribution in [0, 0.1) is 23.4 Å². The Bertz CT molecular complexity index is 1430. The number of aromatic nitrogens is 2. The highest BCUT2D eigenvalue weighted by Crippen LogP contribution is 2.38. The fourth-order valence-corrected chi connectivity index (χ4v) is 4.95. The summed E-state index contributed by atoms with van der Waals surface area (Å²) in [6.07, 6.45) is 2.43. The summed E-state index contributed by atoms with van der Waals surface area (Å²) in [6.45, 7) is 6.84. The predicted molar refractivity (Wildman–Crippen MR) is 128 cm³/mol. The number of hydrogen-bond donors (Lipinski definition) is 2. The van der Waals surface area contributed by atoms with Gasteiger partial charge >= 0.3 is 0 Å². The van der Waals surface area contributed by atoms with Gasteiger partial charge in [-0.1, -0.05) is 13.0 Å². The van der Waals surface area contributed by atoms with Crippen molar-refractivity contribution >= 4 is 33.3 Å². The molecule has 12 heteroatoms. The second-order valence-electron chi connectivity index (χ2n) is 9.04. The fourth-order valence-electron chi connectivity index (χ4n) is 4.02. The maximum absolute atomic E-state index is 14.0. The van der Waals surface area contributed by atoms with Crippen LogP contribution in [0.3, 0.4) is 0 Å². The lowest BCUT2D eigenvalue weighted by atomic mass is 9.90. The van der Waals surface area contributed by atoms with Crippen LogP contribution in [0.25, 0.3) is 0 Å². The molecule has 1 atom stereocenters. The van der Waals surface area contributed by atoms with Crippen LogP contribution in [0.4, 0.5) is 30.5 Å². The zero-order chi connectivity index (χ0) is 26.3. The Kier molecular flexibility index (Phi) is 6.65. The average molecular weight is 520 g/mol. The van der Waals surface area contributed by atoms with Crippen molar-refractivity contribution in [2.45, 2.75) is 37.8 Å². The van der Waals surface area contributed by atoms with Gasteiger partial charge in [-0.25, -0.2) is 27.9 Å². The number of benzene rings is 1. The molecule has 4 rings (SSSR count). The van der Waals surface area contributed by atoms with Crippen LogP contribution in [0.2, 0.25) is 0 Å². The normalized spacial score (nSPS) is 17.2. The largest absolute Gasteiger partial charge is 0.351 e. The van der Waals surface area contributed by atoms with Gasteiger partial charge in [0.05, 0.1) is 11.3 Å². The lowest BCUT2D eigenvalue weighted by Crippen LogP contribution is -2.43. The van der Waals surface area contributed by atoms with E-state index in [1.165, 1.54) is 30.5 Å². The summed E-state index contributed by atoms with van der Waals surface area (Å²) in [7, 11) is -4.45. The van der Waals surface area contributed by atoms with Crippen LogP contribution >= 0.6 is 0 Å². The number of hydrogen-bond acceptors (Lipinski definition) is 7. The van der Waals surface area contributed by atoms with Crippen molar-refractivity contribution in [3.05, 3.63) is 71.7 Å². The molecule has 0 saturated carbocycles. The van der Waals surface area contributed by atoms with Gasteiger partial charge in [0.15, 0.2) is 16.7 Å². The van der Waals surface area contributed by atoms with Crippen molar-refractivity contribution in [2.24, 2.45) is 5.92 Å². The SMILES string of the molecule is CC1CCN(c2ncccc2C(=O)NS(=O)(=O)c2cccc(Nc3cc(F)c(F)cc3F)n2)C1(C)C. The highest BCUT2D eigenvalue weighted by Gasteiger charge is 2.40. The zero-order valence-corrected chi connectivity index (χ0v) is 20.5. The van der Waals surface area contributed by atoms with Gasteiger partial charge in [-0.2, -0.15) is 8.42 Å². The van der Waals surface area contributed by atoms with E-state index >= 15 is 0 Å². The van der Waals surface area contributed by atoms with Crippen LogP contribution in [-0.4, -0.2) is 36.4 Å². The summed E-state index contributed by atoms with van der Waals surface area (Å²) in [4.78, 5) is 23.3. The van der Waals surface area contributed by atoms with Crippen molar-refractivity contribution in [2.75, 3.05) is 16.8 Å². The molecular formula is C24H24F3N5O3S. The van der Waals surface area contributed by atoms with Crippen LogP contribution in [0.5, 0.6) is 0 Å². The molecule has 0 aliphatic carbocycles. The number of carbonyl (C=O) groups is 1. The van der Waals surface area contributed by atoms with Gasteiger partial charge in [-0.3, -0.25) is 4.79 Å². The van der Waals surface area contributed by atoms with E-state index in [9.17, 15) is 26.4 Å². The smallest absolute Gasteiger partial charge is 0.281 e. The molecule has 2 N–H and O–H groups in total. The van der Waals surface area contributed by atoms with Gasteiger partial charge in [-0.05, 0) is 50.5 Å². The molecular weight excluding hydrogens is 495 g/mol. The Morgan fingerprint density at radius 2 is 1.81 bits per heavy atom. The standard InChI is InChI=1S/C24H24F3N5O3S/c1-14-9-11-32(24(14,2)3)22-15(6-5-10-28-22)23(33)31-36(34,35)21-8-4-7-20(30-21)29-19-13-17(26)16(25)12-18(19)27/h4-8,10,12-14H,9,11H2,1-3H3,(H,29,30)(H,31,33). The number of anilines is 3. The number of pyridine rings is 2. The van der Waals surface area contributed by atoms with Gasteiger partial charge in [0.2, 0.25) is 0 Å². The lowest BCUT2D eigenvalue weighted by molar-refractivity contribution is 0.0981. The average Bonchev–Trinajstić information content (AvgIpc) is 3.09. The number of amides is 1. The number of nitrogens with zero attached hydrogens (tertiary/aromatic N) is 3. The van der Waals surface area contributed by atoms with E-state index in [2.05, 4.69) is 22.2 Å². The molecule has 36 heavy (non-hydrogen) atoms. The van der Waals surface area contributed by atoms with E-state index in [4.69, 9.17) is 0 Å². The van der Waals surface area contributed by atoms with Gasteiger partial charge in [0, 0.05) is 30.4 Å². The van der Waals surface area contributed by atoms with E-state index in [0.717, 1.165) is 12.5 Å². The van der Waals surface area contributed by atoms with Gasteiger partial charge < -0.3 is 10.2 Å². The second kappa shape index (κ2) is 9.41. The molecule has 8 nitrogen and oxygen atoms in total. The van der Waals surface area contributed by atoms with Crippen LogP contribution in [-0.2, 0) is 10.0 Å². The van der Waals surface area contributed by atoms with E-state index in [-0.39, 0.29) is 16.9 Å². The molecule has 1 aliphatic heterocycles. The van der Waals surface area contributed by atoms with Crippen molar-refractivity contribution in [3.63, 3.8) is 0 Å². The minimum absolute atomic E-state index is 0.0846. The molecule has 1 fully saturated rings. The summed E-state index contributed by atoms with van der Waals surface area (Å²) < 4.78 is 68.6. The molecule has 2 aromatic heterocycles. The van der Waals surface area contributed by atoms with Gasteiger partial charge in [0.25, 0.3) is 15.9 Å². The lowest BCUT2D eigenvalue weighted by Gasteiger charge is -2.36. The van der Waals surface area contributed by atoms with E-state index in [1.807, 2.05) is 23.5 Å². The minimum atomic E-state index is -4.45. The minimum Gasteiger partial charge on any atom is -0.351 e. The predicted octanol–water partition coefficient (Wildman–Crippen LogP) is 4.38. The van der Waals surface area contributed by atoms with Crippen molar-refractivity contribution < 1.29 is 26.4 Å². The zero-order valence-electron chi connectivity index (χ0n) is 19.7. The number of nitrogens with one attached hydrogen (secondary N) is 2.